The predicted octanol–water partition coefficient (Wildman–Crippen LogP) is 3.01. The van der Waals surface area contributed by atoms with Gasteiger partial charge in [-0.25, -0.2) is 12.7 Å². The molecule has 0 radical (unpaired) electrons. The van der Waals surface area contributed by atoms with E-state index in [0.29, 0.717) is 11.3 Å². The van der Waals surface area contributed by atoms with Crippen molar-refractivity contribution >= 4 is 49.1 Å². The third kappa shape index (κ3) is 3.45. The Labute approximate surface area is 154 Å². The van der Waals surface area contributed by atoms with Crippen LogP contribution in [0.1, 0.15) is 17.3 Å². The minimum absolute atomic E-state index is 0.198. The number of hydrogen-bond acceptors (Lipinski definition) is 4. The number of carbonyl (C=O) groups is 2. The SMILES string of the molecule is CC1CS(=O)(=O)N(c2ccc(C(=O)Nc3ccccc3Br)cc2)C1=O. The van der Waals surface area contributed by atoms with Crippen LogP contribution in [0.3, 0.4) is 0 Å². The summed E-state index contributed by atoms with van der Waals surface area (Å²) in [5.74, 6) is -1.55. The molecule has 1 fully saturated rings. The van der Waals surface area contributed by atoms with Gasteiger partial charge in [0.1, 0.15) is 0 Å². The lowest BCUT2D eigenvalue weighted by molar-refractivity contribution is -0.119. The molecule has 0 saturated carbocycles. The quantitative estimate of drug-likeness (QED) is 0.823. The van der Waals surface area contributed by atoms with Crippen molar-refractivity contribution in [3.8, 4) is 0 Å². The van der Waals surface area contributed by atoms with Crippen molar-refractivity contribution in [1.29, 1.82) is 0 Å². The second-order valence-corrected chi connectivity index (χ2v) is 8.48. The van der Waals surface area contributed by atoms with Crippen LogP contribution in [0.4, 0.5) is 11.4 Å². The highest BCUT2D eigenvalue weighted by atomic mass is 79.9. The number of amides is 2. The van der Waals surface area contributed by atoms with Crippen LogP contribution < -0.4 is 9.62 Å². The second kappa shape index (κ2) is 6.61. The molecule has 0 aromatic heterocycles. The molecule has 1 unspecified atom stereocenters. The van der Waals surface area contributed by atoms with Crippen LogP contribution in [0.15, 0.2) is 53.0 Å². The predicted molar refractivity (Wildman–Crippen MR) is 99.0 cm³/mol. The van der Waals surface area contributed by atoms with E-state index in [1.165, 1.54) is 24.3 Å². The lowest BCUT2D eigenvalue weighted by Gasteiger charge is -2.15. The maximum absolute atomic E-state index is 12.3. The average molecular weight is 423 g/mol. The Morgan fingerprint density at radius 1 is 1.16 bits per heavy atom. The Bertz CT molecular complexity index is 941. The fourth-order valence-corrected chi connectivity index (χ4v) is 4.80. The first kappa shape index (κ1) is 17.6. The van der Waals surface area contributed by atoms with Gasteiger partial charge in [-0.2, -0.15) is 0 Å². The van der Waals surface area contributed by atoms with Gasteiger partial charge in [-0.15, -0.1) is 0 Å². The molecule has 2 aromatic carbocycles. The van der Waals surface area contributed by atoms with Crippen molar-refractivity contribution in [2.45, 2.75) is 6.92 Å². The molecule has 2 aromatic rings. The molecule has 0 bridgehead atoms. The van der Waals surface area contributed by atoms with Gasteiger partial charge in [-0.05, 0) is 52.3 Å². The maximum Gasteiger partial charge on any atom is 0.255 e. The molecule has 0 aliphatic carbocycles. The van der Waals surface area contributed by atoms with Crippen LogP contribution in [0.5, 0.6) is 0 Å². The zero-order valence-electron chi connectivity index (χ0n) is 13.3. The van der Waals surface area contributed by atoms with Crippen LogP contribution in [0.25, 0.3) is 0 Å². The van der Waals surface area contributed by atoms with Crippen LogP contribution >= 0.6 is 15.9 Å². The van der Waals surface area contributed by atoms with Gasteiger partial charge in [0.15, 0.2) is 0 Å². The first-order chi connectivity index (χ1) is 11.8. The molecule has 1 saturated heterocycles. The molecule has 1 heterocycles. The highest BCUT2D eigenvalue weighted by molar-refractivity contribution is 9.10. The van der Waals surface area contributed by atoms with Gasteiger partial charge in [0, 0.05) is 10.0 Å². The third-order valence-electron chi connectivity index (χ3n) is 3.85. The Kier molecular flexibility index (Phi) is 4.66. The summed E-state index contributed by atoms with van der Waals surface area (Å²) in [5.41, 5.74) is 1.23. The summed E-state index contributed by atoms with van der Waals surface area (Å²) in [4.78, 5) is 24.4. The van der Waals surface area contributed by atoms with Crippen molar-refractivity contribution < 1.29 is 18.0 Å². The standard InChI is InChI=1S/C17H15BrN2O4S/c1-11-10-25(23,24)20(17(11)22)13-8-6-12(7-9-13)16(21)19-15-5-3-2-4-14(15)18/h2-9,11H,10H2,1H3,(H,19,21). The summed E-state index contributed by atoms with van der Waals surface area (Å²) in [5, 5.41) is 2.76. The third-order valence-corrected chi connectivity index (χ3v) is 6.41. The van der Waals surface area contributed by atoms with Crippen molar-refractivity contribution in [2.75, 3.05) is 15.4 Å². The average Bonchev–Trinajstić information content (AvgIpc) is 2.77. The molecular weight excluding hydrogens is 408 g/mol. The normalized spacial score (nSPS) is 19.0. The minimum Gasteiger partial charge on any atom is -0.321 e. The summed E-state index contributed by atoms with van der Waals surface area (Å²) in [7, 11) is -3.65. The van der Waals surface area contributed by atoms with Gasteiger partial charge in [-0.1, -0.05) is 19.1 Å². The first-order valence-electron chi connectivity index (χ1n) is 7.52. The number of anilines is 2. The number of nitrogens with one attached hydrogen (secondary N) is 1. The largest absolute Gasteiger partial charge is 0.321 e. The number of sulfonamides is 1. The zero-order valence-corrected chi connectivity index (χ0v) is 15.7. The summed E-state index contributed by atoms with van der Waals surface area (Å²) in [6.07, 6.45) is 0. The second-order valence-electron chi connectivity index (χ2n) is 5.76. The molecule has 25 heavy (non-hydrogen) atoms. The van der Waals surface area contributed by atoms with E-state index in [0.717, 1.165) is 8.78 Å². The lowest BCUT2D eigenvalue weighted by atomic mass is 10.1. The molecule has 130 valence electrons. The zero-order chi connectivity index (χ0) is 18.2. The number of carbonyl (C=O) groups excluding carboxylic acids is 2. The molecule has 6 nitrogen and oxygen atoms in total. The lowest BCUT2D eigenvalue weighted by Crippen LogP contribution is -2.30. The number of nitrogens with zero attached hydrogens (tertiary/aromatic N) is 1. The topological polar surface area (TPSA) is 83.6 Å². The van der Waals surface area contributed by atoms with E-state index in [1.807, 2.05) is 12.1 Å². The number of hydrogen-bond donors (Lipinski definition) is 1. The van der Waals surface area contributed by atoms with Gasteiger partial charge in [0.05, 0.1) is 23.0 Å². The molecule has 2 amide bonds. The molecule has 1 aliphatic rings. The molecule has 3 rings (SSSR count). The van der Waals surface area contributed by atoms with Crippen molar-refractivity contribution in [3.63, 3.8) is 0 Å². The highest BCUT2D eigenvalue weighted by Crippen LogP contribution is 2.28. The van der Waals surface area contributed by atoms with E-state index >= 15 is 0 Å². The Hall–Kier alpha value is -2.19. The highest BCUT2D eigenvalue weighted by Gasteiger charge is 2.41. The molecular formula is C17H15BrN2O4S. The minimum atomic E-state index is -3.65. The fraction of sp³-hybridized carbons (Fsp3) is 0.176. The summed E-state index contributed by atoms with van der Waals surface area (Å²) >= 11 is 3.35. The van der Waals surface area contributed by atoms with Gasteiger partial charge < -0.3 is 5.32 Å². The van der Waals surface area contributed by atoms with Crippen LogP contribution in [0, 0.1) is 5.92 Å². The fourth-order valence-electron chi connectivity index (χ4n) is 2.59. The van der Waals surface area contributed by atoms with Gasteiger partial charge in [-0.3, -0.25) is 9.59 Å². The number of para-hydroxylation sites is 1. The first-order valence-corrected chi connectivity index (χ1v) is 9.92. The van der Waals surface area contributed by atoms with E-state index in [2.05, 4.69) is 21.2 Å². The van der Waals surface area contributed by atoms with Gasteiger partial charge >= 0.3 is 0 Å². The molecule has 1 N–H and O–H groups in total. The Morgan fingerprint density at radius 2 is 1.80 bits per heavy atom. The number of benzene rings is 2. The summed E-state index contributed by atoms with van der Waals surface area (Å²) in [6.45, 7) is 1.58. The number of halogens is 1. The van der Waals surface area contributed by atoms with Crippen molar-refractivity contribution in [3.05, 3.63) is 58.6 Å². The van der Waals surface area contributed by atoms with Crippen molar-refractivity contribution in [2.24, 2.45) is 5.92 Å². The monoisotopic (exact) mass is 422 g/mol. The Morgan fingerprint density at radius 3 is 2.36 bits per heavy atom. The van der Waals surface area contributed by atoms with Gasteiger partial charge in [0.2, 0.25) is 15.9 Å². The van der Waals surface area contributed by atoms with Crippen LogP contribution in [0.2, 0.25) is 0 Å². The van der Waals surface area contributed by atoms with E-state index < -0.39 is 21.8 Å². The maximum atomic E-state index is 12.3. The van der Waals surface area contributed by atoms with Crippen LogP contribution in [-0.2, 0) is 14.8 Å². The Balaban J connectivity index is 1.82. The summed E-state index contributed by atoms with van der Waals surface area (Å²) in [6, 6.07) is 13.1. The number of rotatable bonds is 3. The smallest absolute Gasteiger partial charge is 0.255 e. The van der Waals surface area contributed by atoms with E-state index in [-0.39, 0.29) is 17.3 Å². The van der Waals surface area contributed by atoms with E-state index in [1.54, 1.807) is 19.1 Å². The van der Waals surface area contributed by atoms with Crippen LogP contribution in [-0.4, -0.2) is 26.0 Å². The molecule has 1 atom stereocenters. The molecule has 8 heteroatoms. The van der Waals surface area contributed by atoms with E-state index in [9.17, 15) is 18.0 Å². The van der Waals surface area contributed by atoms with Gasteiger partial charge in [0.25, 0.3) is 5.91 Å². The summed E-state index contributed by atoms with van der Waals surface area (Å²) < 4.78 is 25.8. The molecule has 0 spiro atoms. The van der Waals surface area contributed by atoms with E-state index in [4.69, 9.17) is 0 Å². The molecule has 1 aliphatic heterocycles. The van der Waals surface area contributed by atoms with Crippen molar-refractivity contribution in [1.82, 2.24) is 0 Å².